The Kier molecular flexibility index (Phi) is 5.13. The third-order valence-electron chi connectivity index (χ3n) is 4.41. The Balaban J connectivity index is 1.87. The van der Waals surface area contributed by atoms with Gasteiger partial charge in [0.25, 0.3) is 5.91 Å². The minimum absolute atomic E-state index is 0.135. The quantitative estimate of drug-likeness (QED) is 0.775. The third-order valence-corrected chi connectivity index (χ3v) is 5.52. The van der Waals surface area contributed by atoms with Gasteiger partial charge in [-0.1, -0.05) is 18.2 Å². The Morgan fingerprint density at radius 1 is 1.19 bits per heavy atom. The van der Waals surface area contributed by atoms with Gasteiger partial charge < -0.3 is 9.64 Å². The van der Waals surface area contributed by atoms with Crippen molar-refractivity contribution in [3.63, 3.8) is 0 Å². The molecule has 0 spiro atoms. The van der Waals surface area contributed by atoms with E-state index >= 15 is 0 Å². The van der Waals surface area contributed by atoms with Gasteiger partial charge in [-0.3, -0.25) is 4.79 Å². The maximum atomic E-state index is 12.7. The van der Waals surface area contributed by atoms with Crippen LogP contribution in [-0.4, -0.2) is 34.2 Å². The molecular formula is C20H21NO4S. The number of aryl methyl sites for hydroxylation is 1. The fourth-order valence-electron chi connectivity index (χ4n) is 3.09. The first-order chi connectivity index (χ1) is 12.4. The lowest BCUT2D eigenvalue weighted by molar-refractivity contribution is -0.114. The number of rotatable bonds is 4. The van der Waals surface area contributed by atoms with Crippen LogP contribution in [0.1, 0.15) is 17.5 Å². The van der Waals surface area contributed by atoms with Crippen LogP contribution in [0.4, 0.5) is 5.69 Å². The van der Waals surface area contributed by atoms with Crippen molar-refractivity contribution in [2.24, 2.45) is 0 Å². The summed E-state index contributed by atoms with van der Waals surface area (Å²) in [6, 6.07) is 12.4. The predicted octanol–water partition coefficient (Wildman–Crippen LogP) is 3.09. The van der Waals surface area contributed by atoms with Crippen LogP contribution < -0.4 is 9.64 Å². The molecule has 0 radical (unpaired) electrons. The van der Waals surface area contributed by atoms with Gasteiger partial charge in [0.2, 0.25) is 0 Å². The monoisotopic (exact) mass is 371 g/mol. The second-order valence-electron chi connectivity index (χ2n) is 6.23. The van der Waals surface area contributed by atoms with Crippen LogP contribution in [0.25, 0.3) is 6.08 Å². The third kappa shape index (κ3) is 3.80. The molecule has 0 saturated carbocycles. The van der Waals surface area contributed by atoms with Crippen LogP contribution in [0.3, 0.4) is 0 Å². The molecule has 1 amide bonds. The first kappa shape index (κ1) is 18.2. The van der Waals surface area contributed by atoms with Crippen LogP contribution in [0.15, 0.2) is 53.4 Å². The molecule has 1 aliphatic rings. The van der Waals surface area contributed by atoms with Gasteiger partial charge in [-0.2, -0.15) is 0 Å². The summed E-state index contributed by atoms with van der Waals surface area (Å²) in [6.07, 6.45) is 6.02. The summed E-state index contributed by atoms with van der Waals surface area (Å²) < 4.78 is 28.8. The van der Waals surface area contributed by atoms with Gasteiger partial charge in [-0.15, -0.1) is 0 Å². The van der Waals surface area contributed by atoms with Gasteiger partial charge in [0, 0.05) is 30.1 Å². The van der Waals surface area contributed by atoms with Gasteiger partial charge in [0.1, 0.15) is 5.75 Å². The molecule has 0 unspecified atom stereocenters. The zero-order valence-corrected chi connectivity index (χ0v) is 15.6. The largest absolute Gasteiger partial charge is 0.496 e. The average Bonchev–Trinajstić information content (AvgIpc) is 2.64. The van der Waals surface area contributed by atoms with Gasteiger partial charge in [0.15, 0.2) is 9.84 Å². The van der Waals surface area contributed by atoms with Gasteiger partial charge >= 0.3 is 0 Å². The first-order valence-corrected chi connectivity index (χ1v) is 10.2. The Morgan fingerprint density at radius 2 is 1.96 bits per heavy atom. The Labute approximate surface area is 153 Å². The van der Waals surface area contributed by atoms with Crippen molar-refractivity contribution in [1.82, 2.24) is 0 Å². The summed E-state index contributed by atoms with van der Waals surface area (Å²) in [6.45, 7) is 0.611. The van der Waals surface area contributed by atoms with Gasteiger partial charge in [-0.05, 0) is 48.7 Å². The number of anilines is 1. The second kappa shape index (κ2) is 7.33. The summed E-state index contributed by atoms with van der Waals surface area (Å²) in [5.41, 5.74) is 2.49. The number of benzene rings is 2. The van der Waals surface area contributed by atoms with Crippen molar-refractivity contribution in [3.05, 3.63) is 59.7 Å². The Bertz CT molecular complexity index is 964. The molecule has 2 aromatic rings. The second-order valence-corrected chi connectivity index (χ2v) is 8.25. The molecule has 3 rings (SSSR count). The lowest BCUT2D eigenvalue weighted by Gasteiger charge is -2.29. The van der Waals surface area contributed by atoms with Crippen LogP contribution in [0, 0.1) is 0 Å². The van der Waals surface area contributed by atoms with Crippen LogP contribution in [0.5, 0.6) is 5.75 Å². The number of hydrogen-bond acceptors (Lipinski definition) is 4. The van der Waals surface area contributed by atoms with E-state index in [1.807, 2.05) is 24.3 Å². The van der Waals surface area contributed by atoms with Crippen molar-refractivity contribution < 1.29 is 17.9 Å². The minimum atomic E-state index is -3.26. The molecule has 0 saturated heterocycles. The number of nitrogens with zero attached hydrogens (tertiary/aromatic N) is 1. The molecule has 136 valence electrons. The summed E-state index contributed by atoms with van der Waals surface area (Å²) in [7, 11) is -1.67. The molecular weight excluding hydrogens is 350 g/mol. The topological polar surface area (TPSA) is 63.7 Å². The number of methoxy groups -OCH3 is 1. The molecule has 1 aliphatic heterocycles. The lowest BCUT2D eigenvalue weighted by atomic mass is 10.0. The minimum Gasteiger partial charge on any atom is -0.496 e. The molecule has 0 fully saturated rings. The molecule has 0 atom stereocenters. The number of ether oxygens (including phenoxy) is 1. The number of carbonyl (C=O) groups is 1. The van der Waals surface area contributed by atoms with E-state index in [1.54, 1.807) is 36.3 Å². The van der Waals surface area contributed by atoms with E-state index in [9.17, 15) is 13.2 Å². The number of hydrogen-bond donors (Lipinski definition) is 0. The van der Waals surface area contributed by atoms with E-state index in [0.29, 0.717) is 12.3 Å². The maximum Gasteiger partial charge on any atom is 0.250 e. The SMILES string of the molecule is COc1ccccc1/C=C/C(=O)N1CCCc2cc(S(C)(=O)=O)ccc21. The molecule has 0 bridgehead atoms. The van der Waals surface area contributed by atoms with E-state index in [0.717, 1.165) is 29.7 Å². The highest BCUT2D eigenvalue weighted by Gasteiger charge is 2.22. The predicted molar refractivity (Wildman–Crippen MR) is 102 cm³/mol. The molecule has 6 heteroatoms. The Morgan fingerprint density at radius 3 is 2.69 bits per heavy atom. The fourth-order valence-corrected chi connectivity index (χ4v) is 3.76. The lowest BCUT2D eigenvalue weighted by Crippen LogP contribution is -2.34. The molecule has 0 aliphatic carbocycles. The normalized spacial score (nSPS) is 14.3. The van der Waals surface area contributed by atoms with Crippen molar-refractivity contribution in [3.8, 4) is 5.75 Å². The summed E-state index contributed by atoms with van der Waals surface area (Å²) >= 11 is 0. The first-order valence-electron chi connectivity index (χ1n) is 8.36. The van der Waals surface area contributed by atoms with Crippen molar-refractivity contribution in [2.45, 2.75) is 17.7 Å². The van der Waals surface area contributed by atoms with E-state index in [4.69, 9.17) is 4.74 Å². The summed E-state index contributed by atoms with van der Waals surface area (Å²) in [4.78, 5) is 14.7. The molecule has 2 aromatic carbocycles. The van der Waals surface area contributed by atoms with E-state index in [2.05, 4.69) is 0 Å². The number of para-hydroxylation sites is 1. The van der Waals surface area contributed by atoms with Gasteiger partial charge in [0.05, 0.1) is 12.0 Å². The van der Waals surface area contributed by atoms with E-state index in [-0.39, 0.29) is 10.8 Å². The zero-order valence-electron chi connectivity index (χ0n) is 14.8. The average molecular weight is 371 g/mol. The number of fused-ring (bicyclic) bond motifs is 1. The Hall–Kier alpha value is -2.60. The number of sulfone groups is 1. The summed E-state index contributed by atoms with van der Waals surface area (Å²) in [5, 5.41) is 0. The van der Waals surface area contributed by atoms with Crippen LogP contribution >= 0.6 is 0 Å². The van der Waals surface area contributed by atoms with E-state index in [1.165, 1.54) is 12.3 Å². The zero-order chi connectivity index (χ0) is 18.7. The molecule has 5 nitrogen and oxygen atoms in total. The highest BCUT2D eigenvalue weighted by molar-refractivity contribution is 7.90. The van der Waals surface area contributed by atoms with Crippen molar-refractivity contribution >= 4 is 27.5 Å². The summed E-state index contributed by atoms with van der Waals surface area (Å²) in [5.74, 6) is 0.567. The highest BCUT2D eigenvalue weighted by Crippen LogP contribution is 2.30. The molecule has 0 N–H and O–H groups in total. The maximum absolute atomic E-state index is 12.7. The standard InChI is InChI=1S/C20H21NO4S/c1-25-19-8-4-3-6-15(19)9-12-20(22)21-13-5-7-16-14-17(26(2,23)24)10-11-18(16)21/h3-4,6,8-12,14H,5,7,13H2,1-2H3/b12-9+. The van der Waals surface area contributed by atoms with Crippen LogP contribution in [0.2, 0.25) is 0 Å². The number of amides is 1. The smallest absolute Gasteiger partial charge is 0.250 e. The molecule has 26 heavy (non-hydrogen) atoms. The molecule has 1 heterocycles. The van der Waals surface area contributed by atoms with Crippen molar-refractivity contribution in [1.29, 1.82) is 0 Å². The number of carbonyl (C=O) groups excluding carboxylic acids is 1. The molecule has 0 aromatic heterocycles. The van der Waals surface area contributed by atoms with Crippen molar-refractivity contribution in [2.75, 3.05) is 24.8 Å². The van der Waals surface area contributed by atoms with E-state index < -0.39 is 9.84 Å². The van der Waals surface area contributed by atoms with Gasteiger partial charge in [-0.25, -0.2) is 8.42 Å². The highest BCUT2D eigenvalue weighted by atomic mass is 32.2. The van der Waals surface area contributed by atoms with Crippen LogP contribution in [-0.2, 0) is 21.1 Å². The fraction of sp³-hybridized carbons (Fsp3) is 0.250.